The summed E-state index contributed by atoms with van der Waals surface area (Å²) in [7, 11) is 4.58. The van der Waals surface area contributed by atoms with Gasteiger partial charge in [-0.25, -0.2) is 0 Å². The average Bonchev–Trinajstić information content (AvgIpc) is 2.89. The lowest BCUT2D eigenvalue weighted by molar-refractivity contribution is -0.137. The van der Waals surface area contributed by atoms with Gasteiger partial charge in [0, 0.05) is 65.5 Å². The number of nitrogens with zero attached hydrogens (tertiary/aromatic N) is 2. The van der Waals surface area contributed by atoms with Crippen LogP contribution in [0, 0.1) is 0 Å². The minimum Gasteiger partial charge on any atom is -0.492 e. The number of amides is 1. The number of likely N-dealkylation sites (N-methyl/N-ethyl adjacent to an activating group) is 1. The fourth-order valence-electron chi connectivity index (χ4n) is 6.85. The Kier molecular flexibility index (Phi) is 6.54. The number of Topliss-reactive ketones (excluding diaryl/α,β-unsaturated/α-hetero) is 5. The Bertz CT molecular complexity index is 1400. The van der Waals surface area contributed by atoms with Gasteiger partial charge < -0.3 is 14.8 Å². The second-order valence-corrected chi connectivity index (χ2v) is 10.6. The molecule has 3 heterocycles. The van der Waals surface area contributed by atoms with E-state index in [-0.39, 0.29) is 64.6 Å². The van der Waals surface area contributed by atoms with Gasteiger partial charge in [0.1, 0.15) is 0 Å². The molecule has 11 heteroatoms. The van der Waals surface area contributed by atoms with Crippen LogP contribution in [-0.2, 0) is 38.2 Å². The number of ketones is 5. The van der Waals surface area contributed by atoms with Crippen molar-refractivity contribution < 1.29 is 38.2 Å². The van der Waals surface area contributed by atoms with Crippen LogP contribution < -0.4 is 5.32 Å². The molecule has 5 rings (SSSR count). The van der Waals surface area contributed by atoms with Gasteiger partial charge in [-0.15, -0.1) is 0 Å². The number of carbonyl (C=O) groups is 6. The average molecular weight is 538 g/mol. The monoisotopic (exact) mass is 537 g/mol. The Morgan fingerprint density at radius 1 is 0.872 bits per heavy atom. The molecule has 4 atom stereocenters. The Labute approximate surface area is 225 Å². The van der Waals surface area contributed by atoms with E-state index in [1.165, 1.54) is 21.1 Å². The highest BCUT2D eigenvalue weighted by Crippen LogP contribution is 2.47. The molecule has 1 fully saturated rings. The third-order valence-electron chi connectivity index (χ3n) is 8.76. The summed E-state index contributed by atoms with van der Waals surface area (Å²) in [5.74, 6) is -2.85. The second kappa shape index (κ2) is 9.49. The minimum absolute atomic E-state index is 0.0103. The lowest BCUT2D eigenvalue weighted by Gasteiger charge is -2.58. The first-order chi connectivity index (χ1) is 18.4. The molecule has 0 aromatic carbocycles. The fourth-order valence-corrected chi connectivity index (χ4v) is 6.85. The number of methoxy groups -OCH3 is 2. The minimum atomic E-state index is -0.801. The highest BCUT2D eigenvalue weighted by molar-refractivity contribution is 6.35. The van der Waals surface area contributed by atoms with Crippen molar-refractivity contribution in [2.45, 2.75) is 57.8 Å². The van der Waals surface area contributed by atoms with Gasteiger partial charge in [-0.1, -0.05) is 0 Å². The molecule has 1 saturated heterocycles. The number of rotatable bonds is 5. The standard InChI is InChI=1S/C28H31N3O8/c1-11-22(33)15-7-14-10-31-17(21(30(14)4)20(15)25(36)27(11)39-6)8-16-19(18(31)9-29-28(37)13(3)32)24(35)26(38-5)12(2)23(16)34/h14,17-18,21H,7-10H2,1-6H3,(H,29,37)/t14-,17+,18-,21-/m0/s1. The van der Waals surface area contributed by atoms with Crippen molar-refractivity contribution in [3.63, 3.8) is 0 Å². The lowest BCUT2D eigenvalue weighted by Crippen LogP contribution is -2.71. The summed E-state index contributed by atoms with van der Waals surface area (Å²) in [5.41, 5.74) is 1.83. The van der Waals surface area contributed by atoms with E-state index in [1.54, 1.807) is 6.92 Å². The first-order valence-electron chi connectivity index (χ1n) is 12.9. The molecule has 0 saturated carbocycles. The number of allylic oxidation sites excluding steroid dienone is 4. The van der Waals surface area contributed by atoms with E-state index in [0.29, 0.717) is 29.7 Å². The quantitative estimate of drug-likeness (QED) is 0.375. The molecule has 0 aromatic heterocycles. The zero-order valence-electron chi connectivity index (χ0n) is 22.8. The van der Waals surface area contributed by atoms with Crippen LogP contribution in [0.5, 0.6) is 0 Å². The maximum Gasteiger partial charge on any atom is 0.287 e. The van der Waals surface area contributed by atoms with Crippen LogP contribution in [0.3, 0.4) is 0 Å². The molecular weight excluding hydrogens is 506 g/mol. The normalized spacial score (nSPS) is 29.4. The van der Waals surface area contributed by atoms with E-state index in [1.807, 2.05) is 11.9 Å². The summed E-state index contributed by atoms with van der Waals surface area (Å²) in [6, 6.07) is -1.93. The number of ether oxygens (including phenoxy) is 2. The Morgan fingerprint density at radius 2 is 1.41 bits per heavy atom. The fraction of sp³-hybridized carbons (Fsp3) is 0.500. The maximum absolute atomic E-state index is 13.7. The summed E-state index contributed by atoms with van der Waals surface area (Å²) < 4.78 is 10.6. The number of nitrogens with one attached hydrogen (secondary N) is 1. The van der Waals surface area contributed by atoms with Gasteiger partial charge in [0.25, 0.3) is 5.91 Å². The van der Waals surface area contributed by atoms with Crippen LogP contribution in [-0.4, -0.2) is 103 Å². The van der Waals surface area contributed by atoms with Crippen LogP contribution in [0.15, 0.2) is 45.0 Å². The smallest absolute Gasteiger partial charge is 0.287 e. The lowest BCUT2D eigenvalue weighted by atomic mass is 9.69. The molecule has 3 aliphatic heterocycles. The van der Waals surface area contributed by atoms with Crippen LogP contribution in [0.4, 0.5) is 0 Å². The van der Waals surface area contributed by atoms with Crippen molar-refractivity contribution in [2.75, 3.05) is 34.4 Å². The molecule has 0 unspecified atom stereocenters. The molecule has 11 nitrogen and oxygen atoms in total. The van der Waals surface area contributed by atoms with Crippen molar-refractivity contribution in [1.29, 1.82) is 0 Å². The second-order valence-electron chi connectivity index (χ2n) is 10.6. The van der Waals surface area contributed by atoms with Crippen LogP contribution >= 0.6 is 0 Å². The summed E-state index contributed by atoms with van der Waals surface area (Å²) in [6.07, 6.45) is 0.495. The molecule has 206 valence electrons. The third-order valence-corrected chi connectivity index (χ3v) is 8.76. The van der Waals surface area contributed by atoms with Gasteiger partial charge in [-0.05, 0) is 33.7 Å². The number of piperazine rings is 1. The van der Waals surface area contributed by atoms with Crippen molar-refractivity contribution in [1.82, 2.24) is 15.1 Å². The maximum atomic E-state index is 13.7. The number of fused-ring (bicyclic) bond motifs is 5. The van der Waals surface area contributed by atoms with E-state index in [2.05, 4.69) is 10.2 Å². The zero-order chi connectivity index (χ0) is 28.5. The molecule has 39 heavy (non-hydrogen) atoms. The molecule has 0 aromatic rings. The molecule has 1 amide bonds. The predicted molar refractivity (Wildman–Crippen MR) is 136 cm³/mol. The van der Waals surface area contributed by atoms with Crippen LogP contribution in [0.1, 0.15) is 33.6 Å². The first kappa shape index (κ1) is 26.9. The summed E-state index contributed by atoms with van der Waals surface area (Å²) in [6.45, 7) is 4.60. The van der Waals surface area contributed by atoms with E-state index in [9.17, 15) is 28.8 Å². The molecular formula is C28H31N3O8. The molecule has 2 aliphatic carbocycles. The largest absolute Gasteiger partial charge is 0.492 e. The van der Waals surface area contributed by atoms with Gasteiger partial charge in [0.2, 0.25) is 17.3 Å². The Hall–Kier alpha value is -3.70. The third kappa shape index (κ3) is 3.78. The molecule has 0 spiro atoms. The number of hydrogen-bond acceptors (Lipinski definition) is 10. The highest BCUT2D eigenvalue weighted by atomic mass is 16.5. The van der Waals surface area contributed by atoms with E-state index in [4.69, 9.17) is 9.47 Å². The van der Waals surface area contributed by atoms with E-state index in [0.717, 1.165) is 6.92 Å². The Balaban J connectivity index is 1.64. The molecule has 5 aliphatic rings. The van der Waals surface area contributed by atoms with Gasteiger partial charge in [-0.2, -0.15) is 0 Å². The molecule has 2 bridgehead atoms. The van der Waals surface area contributed by atoms with Crippen LogP contribution in [0.2, 0.25) is 0 Å². The van der Waals surface area contributed by atoms with Crippen molar-refractivity contribution in [2.24, 2.45) is 0 Å². The van der Waals surface area contributed by atoms with Gasteiger partial charge in [-0.3, -0.25) is 38.6 Å². The van der Waals surface area contributed by atoms with Gasteiger partial charge >= 0.3 is 0 Å². The van der Waals surface area contributed by atoms with Crippen molar-refractivity contribution >= 4 is 34.8 Å². The number of carbonyl (C=O) groups excluding carboxylic acids is 6. The van der Waals surface area contributed by atoms with Crippen molar-refractivity contribution in [3.05, 3.63) is 45.0 Å². The van der Waals surface area contributed by atoms with Gasteiger partial charge in [0.15, 0.2) is 23.1 Å². The SMILES string of the molecule is COC1=C(C)C(=O)C2=C(C1=O)[C@@H]1[C@H]3CC4=C(C(=O)C(OC)=C(C)C4=O)[C@H](CNC(=O)C(C)=O)N3C[C@H](C2)N1C. The highest BCUT2D eigenvalue weighted by Gasteiger charge is 2.56. The Morgan fingerprint density at radius 3 is 1.95 bits per heavy atom. The number of hydrogen-bond donors (Lipinski definition) is 1. The van der Waals surface area contributed by atoms with E-state index >= 15 is 0 Å². The van der Waals surface area contributed by atoms with E-state index < -0.39 is 35.6 Å². The summed E-state index contributed by atoms with van der Waals surface area (Å²) in [4.78, 5) is 82.2. The van der Waals surface area contributed by atoms with Crippen LogP contribution in [0.25, 0.3) is 0 Å². The zero-order valence-corrected chi connectivity index (χ0v) is 22.8. The first-order valence-corrected chi connectivity index (χ1v) is 12.9. The van der Waals surface area contributed by atoms with Crippen molar-refractivity contribution in [3.8, 4) is 0 Å². The van der Waals surface area contributed by atoms with Gasteiger partial charge in [0.05, 0.1) is 26.3 Å². The molecule has 1 N–H and O–H groups in total. The summed E-state index contributed by atoms with van der Waals surface area (Å²) in [5, 5.41) is 2.61. The molecule has 0 radical (unpaired) electrons. The topological polar surface area (TPSA) is 139 Å². The summed E-state index contributed by atoms with van der Waals surface area (Å²) >= 11 is 0. The predicted octanol–water partition coefficient (Wildman–Crippen LogP) is -0.0416.